The third-order valence-corrected chi connectivity index (χ3v) is 9.38. The monoisotopic (exact) mass is 787 g/mol. The van der Waals surface area contributed by atoms with Crippen LogP contribution in [-0.4, -0.2) is 52.3 Å². The molecule has 0 unspecified atom stereocenters. The van der Waals surface area contributed by atoms with Crippen molar-refractivity contribution >= 4 is 58.9 Å². The van der Waals surface area contributed by atoms with Crippen LogP contribution in [-0.2, 0) is 42.4 Å². The minimum Gasteiger partial charge on any atom is -0.465 e. The van der Waals surface area contributed by atoms with Gasteiger partial charge in [-0.05, 0) is 67.4 Å². The Morgan fingerprint density at radius 3 is 2.27 bits per heavy atom. The minimum atomic E-state index is -5.26. The highest BCUT2D eigenvalue weighted by Gasteiger charge is 2.36. The lowest BCUT2D eigenvalue weighted by Crippen LogP contribution is -2.40. The number of nitrogens with one attached hydrogen (secondary N) is 2. The number of rotatable bonds is 12. The van der Waals surface area contributed by atoms with Gasteiger partial charge in [0.25, 0.3) is 10.2 Å². The molecule has 260 valence electrons. The van der Waals surface area contributed by atoms with Crippen molar-refractivity contribution in [2.45, 2.75) is 36.8 Å². The number of H-pyrrole nitrogens is 1. The van der Waals surface area contributed by atoms with E-state index >= 15 is 0 Å². The maximum atomic E-state index is 13.5. The zero-order valence-electron chi connectivity index (χ0n) is 24.3. The normalized spacial score (nSPS) is 13.4. The van der Waals surface area contributed by atoms with Gasteiger partial charge in [-0.15, -0.1) is 13.2 Å². The van der Waals surface area contributed by atoms with Crippen molar-refractivity contribution in [2.24, 2.45) is 5.14 Å². The number of esters is 1. The fraction of sp³-hybridized carbons (Fsp3) is 0.259. The Hall–Kier alpha value is -3.92. The summed E-state index contributed by atoms with van der Waals surface area (Å²) in [7, 11) is -9.33. The highest BCUT2D eigenvalue weighted by molar-refractivity contribution is 9.10. The molecule has 0 spiro atoms. The number of aromatic nitrogens is 2. The van der Waals surface area contributed by atoms with E-state index in [1.54, 1.807) is 0 Å². The first-order chi connectivity index (χ1) is 22.2. The van der Waals surface area contributed by atoms with Crippen molar-refractivity contribution in [1.82, 2.24) is 14.7 Å². The molecule has 4 aromatic rings. The van der Waals surface area contributed by atoms with Gasteiger partial charge in [-0.1, -0.05) is 28.1 Å². The van der Waals surface area contributed by atoms with Crippen LogP contribution in [0.25, 0.3) is 11.0 Å². The quantitative estimate of drug-likeness (QED) is 0.132. The number of imidazole rings is 1. The molecule has 0 aliphatic carbocycles. The number of benzene rings is 3. The second-order valence-electron chi connectivity index (χ2n) is 9.89. The number of fused-ring (bicyclic) bond motifs is 1. The third kappa shape index (κ3) is 9.36. The standard InChI is InChI=1S/C27H24BrF6N5O7S2/c1-2-45-24(40)14-39(48(35,43)44)18-7-3-15(4-8-18)11-21(25-36-19-9-5-16(26(29,30)31)12-20(19)37-25)38-47(41,42)23-10-6-17(28)13-22(23)46-27(32,33)34/h3-10,12-13,21,38H,2,11,14H2,1H3,(H,36,37)(H2,35,43,44)/t21-/m0/s1. The first-order valence-electron chi connectivity index (χ1n) is 13.4. The predicted molar refractivity (Wildman–Crippen MR) is 162 cm³/mol. The average Bonchev–Trinajstić information content (AvgIpc) is 3.38. The van der Waals surface area contributed by atoms with Crippen LogP contribution in [0, 0.1) is 0 Å². The maximum Gasteiger partial charge on any atom is 0.573 e. The molecule has 0 bridgehead atoms. The van der Waals surface area contributed by atoms with Gasteiger partial charge in [-0.25, -0.2) is 27.6 Å². The van der Waals surface area contributed by atoms with Crippen molar-refractivity contribution < 1.29 is 57.4 Å². The molecule has 12 nitrogen and oxygen atoms in total. The van der Waals surface area contributed by atoms with Gasteiger partial charge in [-0.3, -0.25) is 4.79 Å². The highest BCUT2D eigenvalue weighted by Crippen LogP contribution is 2.35. The van der Waals surface area contributed by atoms with E-state index in [0.717, 1.165) is 36.4 Å². The van der Waals surface area contributed by atoms with Crippen LogP contribution in [0.4, 0.5) is 32.0 Å². The largest absolute Gasteiger partial charge is 0.573 e. The van der Waals surface area contributed by atoms with Gasteiger partial charge in [0, 0.05) is 4.47 Å². The van der Waals surface area contributed by atoms with Crippen molar-refractivity contribution in [3.8, 4) is 5.75 Å². The average molecular weight is 789 g/mol. The smallest absolute Gasteiger partial charge is 0.465 e. The van der Waals surface area contributed by atoms with Crippen LogP contribution >= 0.6 is 15.9 Å². The second kappa shape index (κ2) is 13.9. The number of halogens is 7. The van der Waals surface area contributed by atoms with E-state index in [0.29, 0.717) is 4.31 Å². The van der Waals surface area contributed by atoms with E-state index in [1.165, 1.54) is 31.2 Å². The molecular formula is C27H24BrF6N5O7S2. The number of nitrogens with two attached hydrogens (primary N) is 1. The molecule has 21 heteroatoms. The van der Waals surface area contributed by atoms with E-state index in [1.807, 2.05) is 0 Å². The highest BCUT2D eigenvalue weighted by atomic mass is 79.9. The van der Waals surface area contributed by atoms with E-state index in [4.69, 9.17) is 9.88 Å². The topological polar surface area (TPSA) is 174 Å². The fourth-order valence-electron chi connectivity index (χ4n) is 4.41. The number of alkyl halides is 6. The molecule has 0 fully saturated rings. The zero-order chi connectivity index (χ0) is 35.7. The van der Waals surface area contributed by atoms with Gasteiger partial charge in [0.1, 0.15) is 17.3 Å². The first-order valence-corrected chi connectivity index (χ1v) is 17.1. The molecule has 4 N–H and O–H groups in total. The van der Waals surface area contributed by atoms with Crippen molar-refractivity contribution in [3.05, 3.63) is 82.1 Å². The Labute approximate surface area is 277 Å². The third-order valence-electron chi connectivity index (χ3n) is 6.43. The molecular weight excluding hydrogens is 764 g/mol. The zero-order valence-corrected chi connectivity index (χ0v) is 27.5. The van der Waals surface area contributed by atoms with Crippen LogP contribution in [0.5, 0.6) is 5.75 Å². The lowest BCUT2D eigenvalue weighted by atomic mass is 10.1. The van der Waals surface area contributed by atoms with Gasteiger partial charge < -0.3 is 14.5 Å². The lowest BCUT2D eigenvalue weighted by molar-refractivity contribution is -0.275. The number of sulfonamides is 1. The maximum absolute atomic E-state index is 13.5. The van der Waals surface area contributed by atoms with Gasteiger partial charge in [0.05, 0.1) is 34.9 Å². The van der Waals surface area contributed by atoms with Crippen LogP contribution in [0.15, 0.2) is 70.0 Å². The van der Waals surface area contributed by atoms with E-state index in [9.17, 15) is 48.0 Å². The number of hydrogen-bond acceptors (Lipinski definition) is 8. The SMILES string of the molecule is CCOC(=O)CN(c1ccc(C[C@H](NS(=O)(=O)c2ccc(Br)cc2OC(F)(F)F)c2nc3ccc(C(F)(F)F)cc3[nH]2)cc1)S(N)(=O)=O. The molecule has 48 heavy (non-hydrogen) atoms. The number of carbonyl (C=O) groups is 1. The molecule has 3 aromatic carbocycles. The number of anilines is 1. The molecule has 1 heterocycles. The summed E-state index contributed by atoms with van der Waals surface area (Å²) in [6.07, 6.45) is -10.3. The van der Waals surface area contributed by atoms with E-state index < -0.39 is 67.5 Å². The molecule has 0 radical (unpaired) electrons. The van der Waals surface area contributed by atoms with Crippen LogP contribution in [0.1, 0.15) is 29.9 Å². The Morgan fingerprint density at radius 1 is 1.02 bits per heavy atom. The first kappa shape index (κ1) is 36.9. The van der Waals surface area contributed by atoms with Crippen molar-refractivity contribution in [2.75, 3.05) is 17.5 Å². The summed E-state index contributed by atoms with van der Waals surface area (Å²) in [5.41, 5.74) is -0.907. The molecule has 0 saturated heterocycles. The molecule has 4 rings (SSSR count). The van der Waals surface area contributed by atoms with Crippen LogP contribution in [0.3, 0.4) is 0 Å². The lowest BCUT2D eigenvalue weighted by Gasteiger charge is -2.22. The number of carbonyl (C=O) groups excluding carboxylic acids is 1. The van der Waals surface area contributed by atoms with Crippen molar-refractivity contribution in [3.63, 3.8) is 0 Å². The Morgan fingerprint density at radius 2 is 1.69 bits per heavy atom. The number of hydrogen-bond donors (Lipinski definition) is 3. The molecule has 0 amide bonds. The van der Waals surface area contributed by atoms with Crippen LogP contribution < -0.4 is 18.9 Å². The number of ether oxygens (including phenoxy) is 2. The second-order valence-corrected chi connectivity index (χ2v) is 14.0. The summed E-state index contributed by atoms with van der Waals surface area (Å²) < 4.78 is 142. The molecule has 1 aromatic heterocycles. The van der Waals surface area contributed by atoms with Crippen molar-refractivity contribution in [1.29, 1.82) is 0 Å². The fourth-order valence-corrected chi connectivity index (χ4v) is 6.76. The Balaban J connectivity index is 1.75. The molecule has 0 saturated carbocycles. The van der Waals surface area contributed by atoms with E-state index in [2.05, 4.69) is 35.4 Å². The van der Waals surface area contributed by atoms with Gasteiger partial charge in [0.2, 0.25) is 10.0 Å². The Bertz CT molecular complexity index is 2020. The Kier molecular flexibility index (Phi) is 10.7. The summed E-state index contributed by atoms with van der Waals surface area (Å²) in [6.45, 7) is 0.719. The van der Waals surface area contributed by atoms with Crippen LogP contribution in [0.2, 0.25) is 0 Å². The number of nitrogens with zero attached hydrogens (tertiary/aromatic N) is 2. The molecule has 0 aliphatic heterocycles. The molecule has 1 atom stereocenters. The summed E-state index contributed by atoms with van der Waals surface area (Å²) >= 11 is 2.96. The van der Waals surface area contributed by atoms with Gasteiger partial charge in [0.15, 0.2) is 5.75 Å². The minimum absolute atomic E-state index is 0.0186. The summed E-state index contributed by atoms with van der Waals surface area (Å²) in [6, 6.07) is 9.05. The number of aromatic amines is 1. The molecule has 0 aliphatic rings. The predicted octanol–water partition coefficient (Wildman–Crippen LogP) is 5.08. The van der Waals surface area contributed by atoms with Gasteiger partial charge >= 0.3 is 18.5 Å². The van der Waals surface area contributed by atoms with E-state index in [-0.39, 0.29) is 45.6 Å². The van der Waals surface area contributed by atoms with Gasteiger partial charge in [-0.2, -0.15) is 21.6 Å². The summed E-state index contributed by atoms with van der Waals surface area (Å²) in [5.74, 6) is -2.18. The summed E-state index contributed by atoms with van der Waals surface area (Å²) in [5, 5.41) is 5.26. The summed E-state index contributed by atoms with van der Waals surface area (Å²) in [4.78, 5) is 17.9.